The molecule has 1 saturated carbocycles. The zero-order valence-corrected chi connectivity index (χ0v) is 10.9. The van der Waals surface area contributed by atoms with Crippen LogP contribution < -0.4 is 5.32 Å². The van der Waals surface area contributed by atoms with Crippen molar-refractivity contribution in [3.63, 3.8) is 0 Å². The number of pyridine rings is 1. The average Bonchev–Trinajstić information content (AvgIpc) is 2.30. The first-order valence-electron chi connectivity index (χ1n) is 6.60. The van der Waals surface area contributed by atoms with Crippen LogP contribution in [0.15, 0.2) is 18.3 Å². The van der Waals surface area contributed by atoms with Crippen LogP contribution in [-0.2, 0) is 6.54 Å². The first kappa shape index (κ1) is 12.4. The van der Waals surface area contributed by atoms with Crippen molar-refractivity contribution >= 4 is 5.82 Å². The summed E-state index contributed by atoms with van der Waals surface area (Å²) >= 11 is 0. The van der Waals surface area contributed by atoms with Gasteiger partial charge in [-0.15, -0.1) is 0 Å². The standard InChI is InChI=1S/C14H23N3/c1-17(2)11-12-8-9-15-14(10-12)16-13-6-4-3-5-7-13/h8-10,13H,3-7,11H2,1-2H3,(H,15,16). The largest absolute Gasteiger partial charge is 0.367 e. The Morgan fingerprint density at radius 3 is 2.76 bits per heavy atom. The van der Waals surface area contributed by atoms with Crippen molar-refractivity contribution in [2.75, 3.05) is 19.4 Å². The summed E-state index contributed by atoms with van der Waals surface area (Å²) < 4.78 is 0. The third-order valence-corrected chi connectivity index (χ3v) is 3.28. The number of aromatic nitrogens is 1. The summed E-state index contributed by atoms with van der Waals surface area (Å²) in [6.07, 6.45) is 8.60. The first-order chi connectivity index (χ1) is 8.24. The van der Waals surface area contributed by atoms with Gasteiger partial charge in [0.15, 0.2) is 0 Å². The van der Waals surface area contributed by atoms with Crippen LogP contribution in [0.1, 0.15) is 37.7 Å². The number of anilines is 1. The minimum atomic E-state index is 0.630. The normalized spacial score (nSPS) is 17.4. The third kappa shape index (κ3) is 4.00. The Morgan fingerprint density at radius 2 is 2.06 bits per heavy atom. The molecule has 1 aromatic rings. The Morgan fingerprint density at radius 1 is 1.29 bits per heavy atom. The molecule has 1 fully saturated rings. The smallest absolute Gasteiger partial charge is 0.126 e. The second kappa shape index (κ2) is 6.01. The van der Waals surface area contributed by atoms with E-state index in [9.17, 15) is 0 Å². The van der Waals surface area contributed by atoms with Gasteiger partial charge >= 0.3 is 0 Å². The van der Waals surface area contributed by atoms with Crippen molar-refractivity contribution in [1.29, 1.82) is 0 Å². The fourth-order valence-corrected chi connectivity index (χ4v) is 2.47. The number of hydrogen-bond acceptors (Lipinski definition) is 3. The van der Waals surface area contributed by atoms with Crippen LogP contribution in [-0.4, -0.2) is 30.0 Å². The molecule has 0 radical (unpaired) electrons. The average molecular weight is 233 g/mol. The summed E-state index contributed by atoms with van der Waals surface area (Å²) in [5.74, 6) is 1.04. The number of nitrogens with one attached hydrogen (secondary N) is 1. The zero-order valence-electron chi connectivity index (χ0n) is 10.9. The van der Waals surface area contributed by atoms with Gasteiger partial charge in [-0.3, -0.25) is 0 Å². The molecule has 1 aliphatic rings. The van der Waals surface area contributed by atoms with Gasteiger partial charge in [-0.1, -0.05) is 19.3 Å². The van der Waals surface area contributed by atoms with Crippen LogP contribution in [0, 0.1) is 0 Å². The van der Waals surface area contributed by atoms with Gasteiger partial charge in [-0.2, -0.15) is 0 Å². The fraction of sp³-hybridized carbons (Fsp3) is 0.643. The number of nitrogens with zero attached hydrogens (tertiary/aromatic N) is 2. The van der Waals surface area contributed by atoms with Gasteiger partial charge in [0.05, 0.1) is 0 Å². The second-order valence-electron chi connectivity index (χ2n) is 5.27. The van der Waals surface area contributed by atoms with E-state index in [4.69, 9.17) is 0 Å². The lowest BCUT2D eigenvalue weighted by atomic mass is 9.95. The van der Waals surface area contributed by atoms with Gasteiger partial charge in [0, 0.05) is 18.8 Å². The highest BCUT2D eigenvalue weighted by Crippen LogP contribution is 2.21. The van der Waals surface area contributed by atoms with E-state index in [1.807, 2.05) is 6.20 Å². The molecule has 0 aliphatic heterocycles. The number of hydrogen-bond donors (Lipinski definition) is 1. The molecule has 0 unspecified atom stereocenters. The molecule has 0 saturated heterocycles. The molecule has 1 aliphatic carbocycles. The zero-order chi connectivity index (χ0) is 12.1. The summed E-state index contributed by atoms with van der Waals surface area (Å²) in [7, 11) is 4.18. The van der Waals surface area contributed by atoms with Gasteiger partial charge in [0.25, 0.3) is 0 Å². The quantitative estimate of drug-likeness (QED) is 0.866. The minimum absolute atomic E-state index is 0.630. The lowest BCUT2D eigenvalue weighted by molar-refractivity contribution is 0.402. The van der Waals surface area contributed by atoms with Gasteiger partial charge in [0.1, 0.15) is 5.82 Å². The molecule has 1 aromatic heterocycles. The molecule has 2 rings (SSSR count). The molecule has 0 amide bonds. The fourth-order valence-electron chi connectivity index (χ4n) is 2.47. The molecular formula is C14H23N3. The molecule has 94 valence electrons. The molecule has 1 N–H and O–H groups in total. The van der Waals surface area contributed by atoms with Crippen LogP contribution in [0.2, 0.25) is 0 Å². The Hall–Kier alpha value is -1.09. The van der Waals surface area contributed by atoms with E-state index in [2.05, 4.69) is 41.4 Å². The van der Waals surface area contributed by atoms with Crippen LogP contribution in [0.4, 0.5) is 5.82 Å². The molecule has 0 spiro atoms. The lowest BCUT2D eigenvalue weighted by Gasteiger charge is -2.23. The summed E-state index contributed by atoms with van der Waals surface area (Å²) in [6.45, 7) is 0.974. The monoisotopic (exact) mass is 233 g/mol. The maximum atomic E-state index is 4.41. The highest BCUT2D eigenvalue weighted by atomic mass is 15.1. The summed E-state index contributed by atoms with van der Waals surface area (Å²) in [5, 5.41) is 3.56. The molecular weight excluding hydrogens is 210 g/mol. The molecule has 3 nitrogen and oxygen atoms in total. The second-order valence-corrected chi connectivity index (χ2v) is 5.27. The van der Waals surface area contributed by atoms with E-state index in [1.165, 1.54) is 37.7 Å². The summed E-state index contributed by atoms with van der Waals surface area (Å²) in [5.41, 5.74) is 1.32. The number of rotatable bonds is 4. The van der Waals surface area contributed by atoms with Crippen molar-refractivity contribution < 1.29 is 0 Å². The predicted molar refractivity (Wildman–Crippen MR) is 72.1 cm³/mol. The van der Waals surface area contributed by atoms with Crippen LogP contribution in [0.25, 0.3) is 0 Å². The van der Waals surface area contributed by atoms with Crippen LogP contribution in [0.3, 0.4) is 0 Å². The van der Waals surface area contributed by atoms with Crippen molar-refractivity contribution in [2.24, 2.45) is 0 Å². The minimum Gasteiger partial charge on any atom is -0.367 e. The van der Waals surface area contributed by atoms with Crippen molar-refractivity contribution in [2.45, 2.75) is 44.7 Å². The predicted octanol–water partition coefficient (Wildman–Crippen LogP) is 2.89. The SMILES string of the molecule is CN(C)Cc1ccnc(NC2CCCCC2)c1. The molecule has 0 aromatic carbocycles. The topological polar surface area (TPSA) is 28.2 Å². The Labute approximate surface area is 104 Å². The molecule has 0 bridgehead atoms. The van der Waals surface area contributed by atoms with Gasteiger partial charge in [0.2, 0.25) is 0 Å². The van der Waals surface area contributed by atoms with Crippen molar-refractivity contribution in [3.8, 4) is 0 Å². The van der Waals surface area contributed by atoms with Gasteiger partial charge < -0.3 is 10.2 Å². The first-order valence-corrected chi connectivity index (χ1v) is 6.60. The lowest BCUT2D eigenvalue weighted by Crippen LogP contribution is -2.23. The van der Waals surface area contributed by atoms with Crippen molar-refractivity contribution in [3.05, 3.63) is 23.9 Å². The van der Waals surface area contributed by atoms with E-state index in [0.717, 1.165) is 12.4 Å². The maximum absolute atomic E-state index is 4.41. The van der Waals surface area contributed by atoms with E-state index in [0.29, 0.717) is 6.04 Å². The van der Waals surface area contributed by atoms with Gasteiger partial charge in [-0.05, 0) is 44.6 Å². The van der Waals surface area contributed by atoms with Gasteiger partial charge in [-0.25, -0.2) is 4.98 Å². The molecule has 0 atom stereocenters. The van der Waals surface area contributed by atoms with Crippen molar-refractivity contribution in [1.82, 2.24) is 9.88 Å². The maximum Gasteiger partial charge on any atom is 0.126 e. The Bertz CT molecular complexity index is 343. The Kier molecular flexibility index (Phi) is 4.37. The summed E-state index contributed by atoms with van der Waals surface area (Å²) in [6, 6.07) is 4.89. The molecule has 1 heterocycles. The van der Waals surface area contributed by atoms with E-state index >= 15 is 0 Å². The van der Waals surface area contributed by atoms with E-state index < -0.39 is 0 Å². The van der Waals surface area contributed by atoms with Crippen LogP contribution in [0.5, 0.6) is 0 Å². The molecule has 17 heavy (non-hydrogen) atoms. The van der Waals surface area contributed by atoms with E-state index in [1.54, 1.807) is 0 Å². The highest BCUT2D eigenvalue weighted by molar-refractivity contribution is 5.38. The Balaban J connectivity index is 1.95. The highest BCUT2D eigenvalue weighted by Gasteiger charge is 2.13. The van der Waals surface area contributed by atoms with E-state index in [-0.39, 0.29) is 0 Å². The molecule has 3 heteroatoms. The van der Waals surface area contributed by atoms with Crippen LogP contribution >= 0.6 is 0 Å². The summed E-state index contributed by atoms with van der Waals surface area (Å²) in [4.78, 5) is 6.59. The third-order valence-electron chi connectivity index (χ3n) is 3.28.